The number of pyridine rings is 1. The molecular formula is C28H30N2O. The van der Waals surface area contributed by atoms with Crippen LogP contribution in [-0.4, -0.2) is 16.9 Å². The van der Waals surface area contributed by atoms with Gasteiger partial charge in [-0.3, -0.25) is 4.79 Å². The smallest absolute Gasteiger partial charge is 0.252 e. The zero-order valence-corrected chi connectivity index (χ0v) is 18.2. The summed E-state index contributed by atoms with van der Waals surface area (Å²) in [7, 11) is 0. The molecule has 31 heavy (non-hydrogen) atoms. The van der Waals surface area contributed by atoms with Gasteiger partial charge in [0.05, 0.1) is 16.8 Å². The van der Waals surface area contributed by atoms with E-state index in [2.05, 4.69) is 24.4 Å². The monoisotopic (exact) mass is 410 g/mol. The Hall–Kier alpha value is -2.68. The number of amides is 1. The molecule has 0 saturated heterocycles. The molecule has 0 aliphatic heterocycles. The topological polar surface area (TPSA) is 42.0 Å². The molecule has 3 aromatic rings. The van der Waals surface area contributed by atoms with E-state index in [1.807, 2.05) is 48.5 Å². The van der Waals surface area contributed by atoms with Crippen molar-refractivity contribution in [3.63, 3.8) is 0 Å². The minimum absolute atomic E-state index is 0.0408. The summed E-state index contributed by atoms with van der Waals surface area (Å²) < 4.78 is 0. The van der Waals surface area contributed by atoms with Crippen molar-refractivity contribution in [3.05, 3.63) is 66.2 Å². The molecule has 1 aromatic heterocycles. The second kappa shape index (κ2) is 7.19. The fourth-order valence-corrected chi connectivity index (χ4v) is 7.26. The van der Waals surface area contributed by atoms with E-state index in [4.69, 9.17) is 4.98 Å². The van der Waals surface area contributed by atoms with Crippen molar-refractivity contribution in [2.45, 2.75) is 51.5 Å². The predicted molar refractivity (Wildman–Crippen MR) is 125 cm³/mol. The molecule has 0 spiro atoms. The van der Waals surface area contributed by atoms with Crippen LogP contribution in [0.3, 0.4) is 0 Å². The molecule has 1 amide bonds. The van der Waals surface area contributed by atoms with Crippen LogP contribution >= 0.6 is 0 Å². The molecular weight excluding hydrogens is 380 g/mol. The summed E-state index contributed by atoms with van der Waals surface area (Å²) in [6, 6.07) is 20.3. The van der Waals surface area contributed by atoms with Crippen LogP contribution in [0.1, 0.15) is 55.8 Å². The van der Waals surface area contributed by atoms with Crippen LogP contribution in [0.4, 0.5) is 0 Å². The number of hydrogen-bond acceptors (Lipinski definition) is 2. The minimum Gasteiger partial charge on any atom is -0.349 e. The molecule has 7 rings (SSSR count). The van der Waals surface area contributed by atoms with Gasteiger partial charge >= 0.3 is 0 Å². The highest BCUT2D eigenvalue weighted by atomic mass is 16.1. The van der Waals surface area contributed by atoms with Crippen molar-refractivity contribution in [1.29, 1.82) is 0 Å². The molecule has 0 radical (unpaired) electrons. The first-order valence-electron chi connectivity index (χ1n) is 11.9. The van der Waals surface area contributed by atoms with Gasteiger partial charge in [-0.2, -0.15) is 0 Å². The number of benzene rings is 2. The lowest BCUT2D eigenvalue weighted by Crippen LogP contribution is -2.55. The average Bonchev–Trinajstić information content (AvgIpc) is 2.78. The number of nitrogens with zero attached hydrogens (tertiary/aromatic N) is 1. The Labute approximate surface area is 184 Å². The van der Waals surface area contributed by atoms with Crippen molar-refractivity contribution in [1.82, 2.24) is 10.3 Å². The average molecular weight is 411 g/mol. The summed E-state index contributed by atoms with van der Waals surface area (Å²) in [5.41, 5.74) is 3.80. The Morgan fingerprint density at radius 2 is 1.55 bits per heavy atom. The van der Waals surface area contributed by atoms with E-state index in [0.29, 0.717) is 5.41 Å². The van der Waals surface area contributed by atoms with Gasteiger partial charge in [0.15, 0.2) is 0 Å². The molecule has 4 saturated carbocycles. The third kappa shape index (κ3) is 3.26. The van der Waals surface area contributed by atoms with Gasteiger partial charge in [-0.05, 0) is 80.8 Å². The zero-order chi connectivity index (χ0) is 21.0. The maximum absolute atomic E-state index is 13.6. The van der Waals surface area contributed by atoms with E-state index in [9.17, 15) is 4.79 Å². The Balaban J connectivity index is 1.34. The minimum atomic E-state index is 0.0408. The summed E-state index contributed by atoms with van der Waals surface area (Å²) in [5, 5.41) is 4.39. The van der Waals surface area contributed by atoms with E-state index in [0.717, 1.165) is 45.5 Å². The van der Waals surface area contributed by atoms with Crippen LogP contribution < -0.4 is 5.32 Å². The van der Waals surface area contributed by atoms with E-state index < -0.39 is 0 Å². The number of carbonyl (C=O) groups is 1. The van der Waals surface area contributed by atoms with Crippen LogP contribution in [0.2, 0.25) is 0 Å². The second-order valence-electron chi connectivity index (χ2n) is 10.4. The van der Waals surface area contributed by atoms with Crippen LogP contribution in [0.5, 0.6) is 0 Å². The van der Waals surface area contributed by atoms with Crippen LogP contribution in [0, 0.1) is 23.2 Å². The summed E-state index contributed by atoms with van der Waals surface area (Å²) >= 11 is 0. The van der Waals surface area contributed by atoms with Gasteiger partial charge < -0.3 is 5.32 Å². The predicted octanol–water partition coefficient (Wildman–Crippen LogP) is 6.24. The lowest BCUT2D eigenvalue weighted by molar-refractivity contribution is -0.0687. The molecule has 1 heterocycles. The third-order valence-corrected chi connectivity index (χ3v) is 8.38. The van der Waals surface area contributed by atoms with Crippen molar-refractivity contribution in [3.8, 4) is 11.3 Å². The summed E-state index contributed by atoms with van der Waals surface area (Å²) in [6.07, 6.45) is 8.17. The lowest BCUT2D eigenvalue weighted by atomic mass is 9.48. The number of rotatable bonds is 4. The van der Waals surface area contributed by atoms with E-state index >= 15 is 0 Å². The number of carbonyl (C=O) groups excluding carboxylic acids is 1. The van der Waals surface area contributed by atoms with Gasteiger partial charge in [0, 0.05) is 17.0 Å². The SMILES string of the molecule is C[C@@H](NC(=O)c1cc(-c2ccccc2)nc2ccccc12)C12CC3CC(CC(C3)C1)C2. The maximum Gasteiger partial charge on any atom is 0.252 e. The Bertz CT molecular complexity index is 1100. The van der Waals surface area contributed by atoms with Crippen molar-refractivity contribution >= 4 is 16.8 Å². The van der Waals surface area contributed by atoms with Crippen molar-refractivity contribution in [2.75, 3.05) is 0 Å². The fraction of sp³-hybridized carbons (Fsp3) is 0.429. The van der Waals surface area contributed by atoms with Gasteiger partial charge in [0.1, 0.15) is 0 Å². The number of nitrogens with one attached hydrogen (secondary N) is 1. The van der Waals surface area contributed by atoms with Gasteiger partial charge in [0.2, 0.25) is 0 Å². The van der Waals surface area contributed by atoms with Crippen molar-refractivity contribution < 1.29 is 4.79 Å². The van der Waals surface area contributed by atoms with Crippen LogP contribution in [0.25, 0.3) is 22.2 Å². The molecule has 3 heteroatoms. The lowest BCUT2D eigenvalue weighted by Gasteiger charge is -2.59. The standard InChI is InChI=1S/C28H30N2O/c1-18(28-15-19-11-20(16-28)13-21(12-19)17-28)29-27(31)24-14-26(22-7-3-2-4-8-22)30-25-10-6-5-9-23(24)25/h2-10,14,18-21H,11-13,15-17H2,1H3,(H,29,31)/t18-,19?,20?,21?,28?/m1/s1. The Kier molecular flexibility index (Phi) is 4.41. The maximum atomic E-state index is 13.6. The molecule has 2 aromatic carbocycles. The van der Waals surface area contributed by atoms with Crippen LogP contribution in [-0.2, 0) is 0 Å². The third-order valence-electron chi connectivity index (χ3n) is 8.38. The highest BCUT2D eigenvalue weighted by Crippen LogP contribution is 2.61. The Morgan fingerprint density at radius 3 is 2.23 bits per heavy atom. The molecule has 4 aliphatic rings. The molecule has 4 fully saturated rings. The van der Waals surface area contributed by atoms with Gasteiger partial charge in [0.25, 0.3) is 5.91 Å². The number of fused-ring (bicyclic) bond motifs is 1. The van der Waals surface area contributed by atoms with Gasteiger partial charge in [-0.1, -0.05) is 48.5 Å². The highest BCUT2D eigenvalue weighted by Gasteiger charge is 2.53. The highest BCUT2D eigenvalue weighted by molar-refractivity contribution is 6.07. The van der Waals surface area contributed by atoms with Gasteiger partial charge in [-0.15, -0.1) is 0 Å². The number of aromatic nitrogens is 1. The first-order chi connectivity index (χ1) is 15.1. The quantitative estimate of drug-likeness (QED) is 0.553. The molecule has 4 bridgehead atoms. The number of hydrogen-bond donors (Lipinski definition) is 1. The van der Waals surface area contributed by atoms with Gasteiger partial charge in [-0.25, -0.2) is 4.98 Å². The second-order valence-corrected chi connectivity index (χ2v) is 10.4. The largest absolute Gasteiger partial charge is 0.349 e. The molecule has 0 unspecified atom stereocenters. The summed E-state index contributed by atoms with van der Waals surface area (Å²) in [4.78, 5) is 18.4. The summed E-state index contributed by atoms with van der Waals surface area (Å²) in [5.74, 6) is 2.70. The van der Waals surface area contributed by atoms with E-state index in [1.54, 1.807) is 0 Å². The fourth-order valence-electron chi connectivity index (χ4n) is 7.26. The molecule has 158 valence electrons. The zero-order valence-electron chi connectivity index (χ0n) is 18.2. The van der Waals surface area contributed by atoms with E-state index in [1.165, 1.54) is 38.5 Å². The molecule has 1 N–H and O–H groups in total. The first kappa shape index (κ1) is 19.0. The molecule has 1 atom stereocenters. The summed E-state index contributed by atoms with van der Waals surface area (Å²) in [6.45, 7) is 2.26. The molecule has 4 aliphatic carbocycles. The van der Waals surface area contributed by atoms with Crippen molar-refractivity contribution in [2.24, 2.45) is 23.2 Å². The molecule has 3 nitrogen and oxygen atoms in total. The normalized spacial score (nSPS) is 29.8. The Morgan fingerprint density at radius 1 is 0.935 bits per heavy atom. The van der Waals surface area contributed by atoms with Crippen LogP contribution in [0.15, 0.2) is 60.7 Å². The van der Waals surface area contributed by atoms with E-state index in [-0.39, 0.29) is 11.9 Å². The number of para-hydroxylation sites is 1. The first-order valence-corrected chi connectivity index (χ1v) is 11.9.